The zero-order valence-corrected chi connectivity index (χ0v) is 14.9. The fourth-order valence-corrected chi connectivity index (χ4v) is 2.75. The van der Waals surface area contributed by atoms with Gasteiger partial charge in [0.1, 0.15) is 4.33 Å². The van der Waals surface area contributed by atoms with Gasteiger partial charge in [0.2, 0.25) is 0 Å². The predicted octanol–water partition coefficient (Wildman–Crippen LogP) is 4.17. The van der Waals surface area contributed by atoms with Crippen LogP contribution in [-0.4, -0.2) is 23.6 Å². The van der Waals surface area contributed by atoms with Gasteiger partial charge in [-0.05, 0) is 30.9 Å². The van der Waals surface area contributed by atoms with Gasteiger partial charge in [0.05, 0.1) is 6.17 Å². The van der Waals surface area contributed by atoms with Gasteiger partial charge in [-0.1, -0.05) is 83.9 Å². The van der Waals surface area contributed by atoms with Crippen molar-refractivity contribution in [2.24, 2.45) is 0 Å². The first kappa shape index (κ1) is 18.3. The van der Waals surface area contributed by atoms with Gasteiger partial charge in [-0.15, -0.1) is 0 Å². The Bertz CT molecular complexity index is 507. The Kier molecular flexibility index (Phi) is 7.38. The minimum absolute atomic E-state index is 0.154. The van der Waals surface area contributed by atoms with Crippen LogP contribution in [0.4, 0.5) is 0 Å². The molecule has 23 heavy (non-hydrogen) atoms. The molecule has 0 saturated carbocycles. The molecule has 0 unspecified atom stereocenters. The van der Waals surface area contributed by atoms with E-state index in [0.29, 0.717) is 0 Å². The van der Waals surface area contributed by atoms with E-state index >= 15 is 0 Å². The molecule has 0 amide bonds. The molecule has 0 heterocycles. The SMILES string of the molecule is CC(Cl)(Cl)C(NCCc1ccccc1)NCCc1ccccc1. The summed E-state index contributed by atoms with van der Waals surface area (Å²) in [4.78, 5) is 0. The van der Waals surface area contributed by atoms with Gasteiger partial charge in [0, 0.05) is 13.1 Å². The zero-order chi connectivity index (χ0) is 16.5. The Morgan fingerprint density at radius 2 is 1.17 bits per heavy atom. The molecule has 4 heteroatoms. The Balaban J connectivity index is 1.78. The summed E-state index contributed by atoms with van der Waals surface area (Å²) >= 11 is 12.6. The van der Waals surface area contributed by atoms with Gasteiger partial charge in [0.25, 0.3) is 0 Å². The van der Waals surface area contributed by atoms with Gasteiger partial charge in [-0.25, -0.2) is 0 Å². The van der Waals surface area contributed by atoms with Crippen LogP contribution in [0.25, 0.3) is 0 Å². The molecule has 2 rings (SSSR count). The molecule has 0 aromatic heterocycles. The highest BCUT2D eigenvalue weighted by Gasteiger charge is 2.28. The second-order valence-electron chi connectivity index (χ2n) is 5.77. The first-order valence-corrected chi connectivity index (χ1v) is 8.74. The topological polar surface area (TPSA) is 24.1 Å². The first-order valence-electron chi connectivity index (χ1n) is 7.98. The van der Waals surface area contributed by atoms with E-state index in [1.54, 1.807) is 0 Å². The van der Waals surface area contributed by atoms with E-state index in [4.69, 9.17) is 23.2 Å². The molecule has 2 nitrogen and oxygen atoms in total. The molecule has 124 valence electrons. The quantitative estimate of drug-likeness (QED) is 0.523. The molecule has 0 atom stereocenters. The van der Waals surface area contributed by atoms with Crippen LogP contribution in [0.2, 0.25) is 0 Å². The molecule has 0 aliphatic heterocycles. The first-order chi connectivity index (χ1) is 11.1. The van der Waals surface area contributed by atoms with Gasteiger partial charge in [0.15, 0.2) is 0 Å². The van der Waals surface area contributed by atoms with Crippen LogP contribution in [0, 0.1) is 0 Å². The van der Waals surface area contributed by atoms with Crippen molar-refractivity contribution in [3.8, 4) is 0 Å². The summed E-state index contributed by atoms with van der Waals surface area (Å²) in [6.45, 7) is 3.45. The summed E-state index contributed by atoms with van der Waals surface area (Å²) in [6.07, 6.45) is 1.74. The fourth-order valence-electron chi connectivity index (χ4n) is 2.44. The van der Waals surface area contributed by atoms with E-state index in [9.17, 15) is 0 Å². The van der Waals surface area contributed by atoms with Gasteiger partial charge in [-0.2, -0.15) is 0 Å². The van der Waals surface area contributed by atoms with Crippen LogP contribution in [0.1, 0.15) is 18.1 Å². The van der Waals surface area contributed by atoms with E-state index < -0.39 is 4.33 Å². The molecule has 2 N–H and O–H groups in total. The number of rotatable bonds is 9. The minimum Gasteiger partial charge on any atom is -0.299 e. The highest BCUT2D eigenvalue weighted by molar-refractivity contribution is 6.48. The lowest BCUT2D eigenvalue weighted by Gasteiger charge is -2.28. The average Bonchev–Trinajstić information content (AvgIpc) is 2.54. The van der Waals surface area contributed by atoms with E-state index in [2.05, 4.69) is 59.2 Å². The summed E-state index contributed by atoms with van der Waals surface area (Å²) in [5, 5.41) is 6.84. The second kappa shape index (κ2) is 9.29. The van der Waals surface area contributed by atoms with Crippen molar-refractivity contribution < 1.29 is 0 Å². The van der Waals surface area contributed by atoms with Crippen LogP contribution < -0.4 is 10.6 Å². The number of hydrogen-bond donors (Lipinski definition) is 2. The van der Waals surface area contributed by atoms with Crippen molar-refractivity contribution in [1.29, 1.82) is 0 Å². The Morgan fingerprint density at radius 3 is 1.52 bits per heavy atom. The predicted molar refractivity (Wildman–Crippen MR) is 100 cm³/mol. The Hall–Kier alpha value is -1.06. The minimum atomic E-state index is -0.868. The Labute approximate surface area is 149 Å². The highest BCUT2D eigenvalue weighted by atomic mass is 35.5. The average molecular weight is 351 g/mol. The smallest absolute Gasteiger partial charge is 0.143 e. The van der Waals surface area contributed by atoms with Crippen LogP contribution in [0.15, 0.2) is 60.7 Å². The van der Waals surface area contributed by atoms with E-state index in [-0.39, 0.29) is 6.17 Å². The third kappa shape index (κ3) is 6.92. The third-order valence-electron chi connectivity index (χ3n) is 3.72. The van der Waals surface area contributed by atoms with Crippen LogP contribution in [0.5, 0.6) is 0 Å². The lowest BCUT2D eigenvalue weighted by atomic mass is 10.1. The molecular weight excluding hydrogens is 327 g/mol. The number of halogens is 2. The molecule has 0 bridgehead atoms. The molecular formula is C19H24Cl2N2. The van der Waals surface area contributed by atoms with Crippen molar-refractivity contribution in [2.75, 3.05) is 13.1 Å². The standard InChI is InChI=1S/C19H24Cl2N2/c1-19(20,21)18(22-14-12-16-8-4-2-5-9-16)23-15-13-17-10-6-3-7-11-17/h2-11,18,22-23H,12-15H2,1H3. The molecule has 0 aliphatic carbocycles. The lowest BCUT2D eigenvalue weighted by molar-refractivity contribution is 0.402. The summed E-state index contributed by atoms with van der Waals surface area (Å²) in [7, 11) is 0. The molecule has 2 aromatic carbocycles. The maximum absolute atomic E-state index is 6.30. The molecule has 0 radical (unpaired) electrons. The largest absolute Gasteiger partial charge is 0.299 e. The normalized spacial score (nSPS) is 11.8. The van der Waals surface area contributed by atoms with E-state index in [1.165, 1.54) is 11.1 Å². The maximum Gasteiger partial charge on any atom is 0.143 e. The van der Waals surface area contributed by atoms with Gasteiger partial charge in [-0.3, -0.25) is 10.6 Å². The van der Waals surface area contributed by atoms with Crippen molar-refractivity contribution >= 4 is 23.2 Å². The summed E-state index contributed by atoms with van der Waals surface area (Å²) < 4.78 is -0.868. The molecule has 0 spiro atoms. The molecule has 0 aliphatic rings. The van der Waals surface area contributed by atoms with E-state index in [1.807, 2.05) is 19.1 Å². The third-order valence-corrected chi connectivity index (χ3v) is 4.15. The lowest BCUT2D eigenvalue weighted by Crippen LogP contribution is -2.53. The van der Waals surface area contributed by atoms with Gasteiger partial charge < -0.3 is 0 Å². The molecule has 0 fully saturated rings. The van der Waals surface area contributed by atoms with Crippen molar-refractivity contribution in [1.82, 2.24) is 10.6 Å². The maximum atomic E-state index is 6.30. The van der Waals surface area contributed by atoms with Crippen LogP contribution in [0.3, 0.4) is 0 Å². The summed E-state index contributed by atoms with van der Waals surface area (Å²) in [5.41, 5.74) is 2.60. The summed E-state index contributed by atoms with van der Waals surface area (Å²) in [5.74, 6) is 0. The molecule has 0 saturated heterocycles. The van der Waals surface area contributed by atoms with Gasteiger partial charge >= 0.3 is 0 Å². The van der Waals surface area contributed by atoms with Crippen LogP contribution >= 0.6 is 23.2 Å². The zero-order valence-electron chi connectivity index (χ0n) is 13.4. The second-order valence-corrected chi connectivity index (χ2v) is 7.53. The number of nitrogens with one attached hydrogen (secondary N) is 2. The number of alkyl halides is 2. The van der Waals surface area contributed by atoms with Crippen LogP contribution in [-0.2, 0) is 12.8 Å². The van der Waals surface area contributed by atoms with Crippen molar-refractivity contribution in [3.05, 3.63) is 71.8 Å². The fraction of sp³-hybridized carbons (Fsp3) is 0.368. The van der Waals surface area contributed by atoms with Crippen molar-refractivity contribution in [3.63, 3.8) is 0 Å². The summed E-state index contributed by atoms with van der Waals surface area (Å²) in [6, 6.07) is 20.8. The van der Waals surface area contributed by atoms with Crippen molar-refractivity contribution in [2.45, 2.75) is 30.3 Å². The van der Waals surface area contributed by atoms with E-state index in [0.717, 1.165) is 25.9 Å². The molecule has 2 aromatic rings. The number of benzene rings is 2. The highest BCUT2D eigenvalue weighted by Crippen LogP contribution is 2.23. The Morgan fingerprint density at radius 1 is 0.783 bits per heavy atom. The number of hydrogen-bond acceptors (Lipinski definition) is 2. The monoisotopic (exact) mass is 350 g/mol.